The topological polar surface area (TPSA) is 36.5 Å². The summed E-state index contributed by atoms with van der Waals surface area (Å²) in [5.74, 6) is 1.73. The molecule has 122 valence electrons. The highest BCUT2D eigenvalue weighted by Crippen LogP contribution is 2.36. The SMILES string of the molecule is CN1C=C(CC(c2ccc(F)cc2)C2CCNCC2)ON1.Cl. The Bertz CT molecular complexity index is 503. The van der Waals surface area contributed by atoms with Gasteiger partial charge in [-0.1, -0.05) is 17.7 Å². The zero-order valence-corrected chi connectivity index (χ0v) is 13.5. The summed E-state index contributed by atoms with van der Waals surface area (Å²) in [7, 11) is 1.91. The first kappa shape index (κ1) is 17.1. The maximum Gasteiger partial charge on any atom is 0.144 e. The van der Waals surface area contributed by atoms with Crippen LogP contribution in [0.3, 0.4) is 0 Å². The summed E-state index contributed by atoms with van der Waals surface area (Å²) < 4.78 is 13.2. The van der Waals surface area contributed by atoms with Crippen molar-refractivity contribution in [1.82, 2.24) is 15.9 Å². The average Bonchev–Trinajstić information content (AvgIpc) is 2.92. The van der Waals surface area contributed by atoms with Gasteiger partial charge in [0.2, 0.25) is 0 Å². The lowest BCUT2D eigenvalue weighted by atomic mass is 9.78. The number of allylic oxidation sites excluding steroid dienone is 1. The Balaban J connectivity index is 0.00000176. The van der Waals surface area contributed by atoms with E-state index in [1.165, 1.54) is 5.56 Å². The van der Waals surface area contributed by atoms with Crippen LogP contribution in [0, 0.1) is 11.7 Å². The van der Waals surface area contributed by atoms with E-state index in [1.54, 1.807) is 17.1 Å². The van der Waals surface area contributed by atoms with Crippen molar-refractivity contribution in [3.05, 3.63) is 47.6 Å². The fourth-order valence-electron chi connectivity index (χ4n) is 3.22. The highest BCUT2D eigenvalue weighted by Gasteiger charge is 2.27. The highest BCUT2D eigenvalue weighted by atomic mass is 35.5. The van der Waals surface area contributed by atoms with E-state index in [4.69, 9.17) is 4.84 Å². The van der Waals surface area contributed by atoms with Gasteiger partial charge in [0.25, 0.3) is 0 Å². The molecule has 1 unspecified atom stereocenters. The largest absolute Gasteiger partial charge is 0.392 e. The standard InChI is InChI=1S/C16H22FN3O.ClH/c1-20-11-15(21-19-20)10-16(13-6-8-18-9-7-13)12-2-4-14(17)5-3-12;/h2-5,11,13,16,18-19H,6-10H2,1H3;1H. The number of piperidine rings is 1. The number of nitrogens with one attached hydrogen (secondary N) is 2. The van der Waals surface area contributed by atoms with E-state index < -0.39 is 0 Å². The molecule has 0 bridgehead atoms. The first-order valence-corrected chi connectivity index (χ1v) is 7.54. The fourth-order valence-corrected chi connectivity index (χ4v) is 3.22. The normalized spacial score (nSPS) is 20.1. The molecule has 1 aromatic carbocycles. The molecule has 1 atom stereocenters. The minimum absolute atomic E-state index is 0. The van der Waals surface area contributed by atoms with Crippen LogP contribution in [0.25, 0.3) is 0 Å². The lowest BCUT2D eigenvalue weighted by Crippen LogP contribution is -2.31. The van der Waals surface area contributed by atoms with E-state index in [0.717, 1.165) is 38.1 Å². The van der Waals surface area contributed by atoms with Crippen LogP contribution in [0.5, 0.6) is 0 Å². The molecule has 2 aliphatic rings. The van der Waals surface area contributed by atoms with Gasteiger partial charge in [-0.15, -0.1) is 12.4 Å². The molecule has 0 aliphatic carbocycles. The molecule has 0 spiro atoms. The predicted molar refractivity (Wildman–Crippen MR) is 86.7 cm³/mol. The molecular formula is C16H23ClFN3O. The van der Waals surface area contributed by atoms with E-state index in [2.05, 4.69) is 10.9 Å². The monoisotopic (exact) mass is 327 g/mol. The first-order valence-electron chi connectivity index (χ1n) is 7.54. The lowest BCUT2D eigenvalue weighted by molar-refractivity contribution is 0.0302. The Morgan fingerprint density at radius 2 is 1.95 bits per heavy atom. The van der Waals surface area contributed by atoms with Crippen LogP contribution in [0.1, 0.15) is 30.7 Å². The molecule has 1 saturated heterocycles. The minimum atomic E-state index is -0.180. The molecule has 0 aromatic heterocycles. The highest BCUT2D eigenvalue weighted by molar-refractivity contribution is 5.85. The maximum atomic E-state index is 13.2. The summed E-state index contributed by atoms with van der Waals surface area (Å²) in [5, 5.41) is 5.21. The van der Waals surface area contributed by atoms with Crippen LogP contribution in [0.4, 0.5) is 4.39 Å². The van der Waals surface area contributed by atoms with Gasteiger partial charge in [-0.05, 0) is 55.5 Å². The van der Waals surface area contributed by atoms with Crippen molar-refractivity contribution in [2.75, 3.05) is 20.1 Å². The van der Waals surface area contributed by atoms with Crippen LogP contribution in [-0.2, 0) is 4.84 Å². The smallest absolute Gasteiger partial charge is 0.144 e. The second kappa shape index (κ2) is 7.81. The van der Waals surface area contributed by atoms with Gasteiger partial charge in [0.1, 0.15) is 11.6 Å². The second-order valence-electron chi connectivity index (χ2n) is 5.85. The van der Waals surface area contributed by atoms with E-state index in [-0.39, 0.29) is 18.2 Å². The van der Waals surface area contributed by atoms with Gasteiger partial charge >= 0.3 is 0 Å². The summed E-state index contributed by atoms with van der Waals surface area (Å²) in [5.41, 5.74) is 4.00. The van der Waals surface area contributed by atoms with Crippen LogP contribution in [0.15, 0.2) is 36.2 Å². The molecule has 22 heavy (non-hydrogen) atoms. The second-order valence-corrected chi connectivity index (χ2v) is 5.85. The Labute approximate surface area is 137 Å². The molecule has 1 aromatic rings. The Morgan fingerprint density at radius 1 is 1.27 bits per heavy atom. The molecule has 0 saturated carbocycles. The maximum absolute atomic E-state index is 13.2. The van der Waals surface area contributed by atoms with Crippen molar-refractivity contribution >= 4 is 12.4 Å². The molecule has 4 nitrogen and oxygen atoms in total. The van der Waals surface area contributed by atoms with Crippen LogP contribution < -0.4 is 10.9 Å². The summed E-state index contributed by atoms with van der Waals surface area (Å²) in [4.78, 5) is 5.48. The summed E-state index contributed by atoms with van der Waals surface area (Å²) in [6, 6.07) is 6.93. The van der Waals surface area contributed by atoms with Gasteiger partial charge in [-0.25, -0.2) is 4.39 Å². The Hall–Kier alpha value is -1.30. The fraction of sp³-hybridized carbons (Fsp3) is 0.500. The molecule has 2 N–H and O–H groups in total. The molecule has 0 amide bonds. The van der Waals surface area contributed by atoms with E-state index >= 15 is 0 Å². The minimum Gasteiger partial charge on any atom is -0.392 e. The molecule has 6 heteroatoms. The van der Waals surface area contributed by atoms with Gasteiger partial charge in [0, 0.05) is 13.5 Å². The van der Waals surface area contributed by atoms with Gasteiger partial charge in [0.15, 0.2) is 0 Å². The zero-order valence-electron chi connectivity index (χ0n) is 12.7. The number of rotatable bonds is 4. The van der Waals surface area contributed by atoms with Crippen molar-refractivity contribution in [3.63, 3.8) is 0 Å². The summed E-state index contributed by atoms with van der Waals surface area (Å²) in [6.45, 7) is 2.11. The number of nitrogens with zero attached hydrogens (tertiary/aromatic N) is 1. The summed E-state index contributed by atoms with van der Waals surface area (Å²) >= 11 is 0. The summed E-state index contributed by atoms with van der Waals surface area (Å²) in [6.07, 6.45) is 5.11. The number of halogens is 2. The molecular weight excluding hydrogens is 305 g/mol. The number of benzene rings is 1. The first-order chi connectivity index (χ1) is 10.2. The quantitative estimate of drug-likeness (QED) is 0.891. The zero-order chi connectivity index (χ0) is 14.7. The predicted octanol–water partition coefficient (Wildman–Crippen LogP) is 2.94. The van der Waals surface area contributed by atoms with Crippen molar-refractivity contribution < 1.29 is 9.23 Å². The number of hydrogen-bond acceptors (Lipinski definition) is 4. The van der Waals surface area contributed by atoms with Crippen LogP contribution >= 0.6 is 12.4 Å². The molecule has 2 aliphatic heterocycles. The van der Waals surface area contributed by atoms with Crippen LogP contribution in [0.2, 0.25) is 0 Å². The molecule has 1 fully saturated rings. The van der Waals surface area contributed by atoms with Crippen molar-refractivity contribution in [3.8, 4) is 0 Å². The van der Waals surface area contributed by atoms with Crippen molar-refractivity contribution in [2.45, 2.75) is 25.2 Å². The van der Waals surface area contributed by atoms with E-state index in [0.29, 0.717) is 11.8 Å². The van der Waals surface area contributed by atoms with E-state index in [1.807, 2.05) is 25.4 Å². The third-order valence-corrected chi connectivity index (χ3v) is 4.33. The van der Waals surface area contributed by atoms with E-state index in [9.17, 15) is 4.39 Å². The van der Waals surface area contributed by atoms with Gasteiger partial charge in [-0.3, -0.25) is 5.01 Å². The third kappa shape index (κ3) is 4.12. The Kier molecular flexibility index (Phi) is 6.06. The molecule has 2 heterocycles. The molecule has 3 rings (SSSR count). The van der Waals surface area contributed by atoms with Gasteiger partial charge in [-0.2, -0.15) is 0 Å². The van der Waals surface area contributed by atoms with Crippen molar-refractivity contribution in [1.29, 1.82) is 0 Å². The third-order valence-electron chi connectivity index (χ3n) is 4.33. The number of hydrazine groups is 1. The average molecular weight is 328 g/mol. The number of hydrogen-bond donors (Lipinski definition) is 2. The van der Waals surface area contributed by atoms with Crippen LogP contribution in [-0.4, -0.2) is 25.1 Å². The van der Waals surface area contributed by atoms with Crippen molar-refractivity contribution in [2.24, 2.45) is 5.92 Å². The van der Waals surface area contributed by atoms with Gasteiger partial charge in [0.05, 0.1) is 6.20 Å². The Morgan fingerprint density at radius 3 is 2.55 bits per heavy atom. The molecule has 0 radical (unpaired) electrons. The van der Waals surface area contributed by atoms with Gasteiger partial charge < -0.3 is 10.2 Å². The lowest BCUT2D eigenvalue weighted by Gasteiger charge is -2.31.